The molecular weight excluding hydrogens is 344 g/mol. The molecular formula is C22H20O5. The van der Waals surface area contributed by atoms with Crippen LogP contribution in [0.25, 0.3) is 6.08 Å². The van der Waals surface area contributed by atoms with Gasteiger partial charge in [-0.2, -0.15) is 0 Å². The molecule has 138 valence electrons. The van der Waals surface area contributed by atoms with Gasteiger partial charge in [-0.1, -0.05) is 44.2 Å². The Morgan fingerprint density at radius 1 is 1.15 bits per heavy atom. The van der Waals surface area contributed by atoms with Gasteiger partial charge in [0.15, 0.2) is 5.76 Å². The number of ketones is 1. The first kappa shape index (κ1) is 18.5. The van der Waals surface area contributed by atoms with Crippen molar-refractivity contribution in [2.75, 3.05) is 7.11 Å². The first-order valence-electron chi connectivity index (χ1n) is 8.59. The second kappa shape index (κ2) is 7.91. The monoisotopic (exact) mass is 364 g/mol. The summed E-state index contributed by atoms with van der Waals surface area (Å²) >= 11 is 0. The van der Waals surface area contributed by atoms with Gasteiger partial charge in [0.1, 0.15) is 17.2 Å². The van der Waals surface area contributed by atoms with Gasteiger partial charge in [0.2, 0.25) is 5.78 Å². The fourth-order valence-electron chi connectivity index (χ4n) is 2.52. The molecule has 0 unspecified atom stereocenters. The molecule has 27 heavy (non-hydrogen) atoms. The number of rotatable bonds is 5. The van der Waals surface area contributed by atoms with E-state index in [0.717, 1.165) is 11.3 Å². The van der Waals surface area contributed by atoms with Crippen LogP contribution in [0.2, 0.25) is 0 Å². The standard InChI is InChI=1S/C22H20O5/c1-14(2)22(24)26-16-11-12-17-20(13-16)27-19(21(17)23)10-6-8-15-7-4-5-9-18(15)25-3/h4-14H,1-3H3. The molecule has 1 aliphatic heterocycles. The first-order chi connectivity index (χ1) is 13.0. The minimum atomic E-state index is -0.338. The summed E-state index contributed by atoms with van der Waals surface area (Å²) in [5, 5.41) is 0. The lowest BCUT2D eigenvalue weighted by atomic mass is 10.1. The third-order valence-electron chi connectivity index (χ3n) is 3.99. The van der Waals surface area contributed by atoms with Crippen molar-refractivity contribution in [1.82, 2.24) is 0 Å². The Bertz CT molecular complexity index is 937. The third kappa shape index (κ3) is 4.08. The molecule has 0 fully saturated rings. The van der Waals surface area contributed by atoms with Gasteiger partial charge in [-0.15, -0.1) is 0 Å². The van der Waals surface area contributed by atoms with Gasteiger partial charge in [-0.3, -0.25) is 9.59 Å². The van der Waals surface area contributed by atoms with E-state index in [1.54, 1.807) is 51.3 Å². The number of carbonyl (C=O) groups excluding carboxylic acids is 2. The van der Waals surface area contributed by atoms with E-state index < -0.39 is 0 Å². The summed E-state index contributed by atoms with van der Waals surface area (Å²) in [5.41, 5.74) is 1.33. The average molecular weight is 364 g/mol. The van der Waals surface area contributed by atoms with Crippen LogP contribution in [0.3, 0.4) is 0 Å². The van der Waals surface area contributed by atoms with Gasteiger partial charge in [0, 0.05) is 11.6 Å². The molecule has 0 amide bonds. The number of carbonyl (C=O) groups is 2. The summed E-state index contributed by atoms with van der Waals surface area (Å²) in [6, 6.07) is 12.3. The Labute approximate surface area is 157 Å². The molecule has 5 heteroatoms. The number of benzene rings is 2. The Morgan fingerprint density at radius 3 is 2.67 bits per heavy atom. The van der Waals surface area contributed by atoms with Crippen molar-refractivity contribution in [3.8, 4) is 17.2 Å². The maximum Gasteiger partial charge on any atom is 0.313 e. The third-order valence-corrected chi connectivity index (χ3v) is 3.99. The summed E-state index contributed by atoms with van der Waals surface area (Å²) in [4.78, 5) is 24.2. The second-order valence-corrected chi connectivity index (χ2v) is 6.30. The maximum atomic E-state index is 12.4. The molecule has 1 aliphatic rings. The first-order valence-corrected chi connectivity index (χ1v) is 8.59. The summed E-state index contributed by atoms with van der Waals surface area (Å²) in [5.74, 6) is 0.897. The summed E-state index contributed by atoms with van der Waals surface area (Å²) < 4.78 is 16.2. The SMILES string of the molecule is COc1ccccc1C=CC=C1Oc2cc(OC(=O)C(C)C)ccc2C1=O. The Balaban J connectivity index is 1.77. The van der Waals surface area contributed by atoms with Crippen molar-refractivity contribution in [1.29, 1.82) is 0 Å². The molecule has 3 rings (SSSR count). The summed E-state index contributed by atoms with van der Waals surface area (Å²) in [6.07, 6.45) is 5.17. The lowest BCUT2D eigenvalue weighted by Gasteiger charge is -2.07. The number of hydrogen-bond acceptors (Lipinski definition) is 5. The highest BCUT2D eigenvalue weighted by molar-refractivity contribution is 6.12. The van der Waals surface area contributed by atoms with Crippen molar-refractivity contribution in [3.05, 3.63) is 71.5 Å². The zero-order valence-corrected chi connectivity index (χ0v) is 15.4. The number of esters is 1. The molecule has 2 aromatic carbocycles. The van der Waals surface area contributed by atoms with Crippen LogP contribution < -0.4 is 14.2 Å². The molecule has 0 atom stereocenters. The van der Waals surface area contributed by atoms with Crippen molar-refractivity contribution in [3.63, 3.8) is 0 Å². The van der Waals surface area contributed by atoms with E-state index >= 15 is 0 Å². The van der Waals surface area contributed by atoms with E-state index in [-0.39, 0.29) is 23.4 Å². The van der Waals surface area contributed by atoms with E-state index in [4.69, 9.17) is 14.2 Å². The number of hydrogen-bond donors (Lipinski definition) is 0. The predicted octanol–water partition coefficient (Wildman–Crippen LogP) is 4.43. The molecule has 0 saturated heterocycles. The number of methoxy groups -OCH3 is 1. The Hall–Kier alpha value is -3.34. The number of Topliss-reactive ketones (excluding diaryl/α,β-unsaturated/α-hetero) is 1. The van der Waals surface area contributed by atoms with Crippen LogP contribution in [0.4, 0.5) is 0 Å². The quantitative estimate of drug-likeness (QED) is 0.446. The van der Waals surface area contributed by atoms with Gasteiger partial charge >= 0.3 is 5.97 Å². The molecule has 0 N–H and O–H groups in total. The van der Waals surface area contributed by atoms with Crippen LogP contribution in [-0.4, -0.2) is 18.9 Å². The minimum Gasteiger partial charge on any atom is -0.496 e. The fraction of sp³-hybridized carbons (Fsp3) is 0.182. The van der Waals surface area contributed by atoms with Crippen LogP contribution in [0.5, 0.6) is 17.2 Å². The van der Waals surface area contributed by atoms with Crippen LogP contribution in [0.1, 0.15) is 29.8 Å². The summed E-state index contributed by atoms with van der Waals surface area (Å²) in [7, 11) is 1.61. The lowest BCUT2D eigenvalue weighted by molar-refractivity contribution is -0.137. The number of allylic oxidation sites excluding steroid dienone is 3. The van der Waals surface area contributed by atoms with Crippen molar-refractivity contribution < 1.29 is 23.8 Å². The smallest absolute Gasteiger partial charge is 0.313 e. The highest BCUT2D eigenvalue weighted by atomic mass is 16.5. The molecule has 0 radical (unpaired) electrons. The summed E-state index contributed by atoms with van der Waals surface area (Å²) in [6.45, 7) is 3.51. The molecule has 0 saturated carbocycles. The number of fused-ring (bicyclic) bond motifs is 1. The van der Waals surface area contributed by atoms with Gasteiger partial charge in [0.05, 0.1) is 18.6 Å². The van der Waals surface area contributed by atoms with E-state index in [1.165, 1.54) is 0 Å². The van der Waals surface area contributed by atoms with E-state index in [1.807, 2.05) is 30.3 Å². The molecule has 0 bridgehead atoms. The van der Waals surface area contributed by atoms with Gasteiger partial charge in [0.25, 0.3) is 0 Å². The predicted molar refractivity (Wildman–Crippen MR) is 102 cm³/mol. The molecule has 2 aromatic rings. The van der Waals surface area contributed by atoms with Crippen molar-refractivity contribution >= 4 is 17.8 Å². The van der Waals surface area contributed by atoms with E-state index in [0.29, 0.717) is 17.1 Å². The van der Waals surface area contributed by atoms with Crippen molar-refractivity contribution in [2.45, 2.75) is 13.8 Å². The van der Waals surface area contributed by atoms with Crippen LogP contribution in [0, 0.1) is 5.92 Å². The zero-order chi connectivity index (χ0) is 19.4. The molecule has 5 nitrogen and oxygen atoms in total. The van der Waals surface area contributed by atoms with Gasteiger partial charge < -0.3 is 14.2 Å². The zero-order valence-electron chi connectivity index (χ0n) is 15.4. The fourth-order valence-corrected chi connectivity index (χ4v) is 2.52. The maximum absolute atomic E-state index is 12.4. The molecule has 0 spiro atoms. The molecule has 0 aromatic heterocycles. The lowest BCUT2D eigenvalue weighted by Crippen LogP contribution is -2.14. The largest absolute Gasteiger partial charge is 0.496 e. The van der Waals surface area contributed by atoms with E-state index in [2.05, 4.69) is 0 Å². The van der Waals surface area contributed by atoms with E-state index in [9.17, 15) is 9.59 Å². The highest BCUT2D eigenvalue weighted by Crippen LogP contribution is 2.34. The number of para-hydroxylation sites is 1. The Morgan fingerprint density at radius 2 is 1.93 bits per heavy atom. The van der Waals surface area contributed by atoms with Crippen LogP contribution in [0.15, 0.2) is 60.4 Å². The molecule has 1 heterocycles. The highest BCUT2D eigenvalue weighted by Gasteiger charge is 2.27. The van der Waals surface area contributed by atoms with Crippen LogP contribution >= 0.6 is 0 Å². The Kier molecular flexibility index (Phi) is 5.41. The second-order valence-electron chi connectivity index (χ2n) is 6.30. The van der Waals surface area contributed by atoms with Gasteiger partial charge in [-0.05, 0) is 24.3 Å². The average Bonchev–Trinajstić information content (AvgIpc) is 2.97. The molecule has 0 aliphatic carbocycles. The topological polar surface area (TPSA) is 61.8 Å². The van der Waals surface area contributed by atoms with Crippen molar-refractivity contribution in [2.24, 2.45) is 5.92 Å². The minimum absolute atomic E-state index is 0.212. The normalized spacial score (nSPS) is 14.5. The van der Waals surface area contributed by atoms with Crippen LogP contribution in [-0.2, 0) is 4.79 Å². The van der Waals surface area contributed by atoms with Gasteiger partial charge in [-0.25, -0.2) is 0 Å². The number of ether oxygens (including phenoxy) is 3.